The number of ether oxygens (including phenoxy) is 1. The lowest BCUT2D eigenvalue weighted by atomic mass is 10.0. The molecule has 0 heterocycles. The van der Waals surface area contributed by atoms with Crippen LogP contribution < -0.4 is 4.74 Å². The van der Waals surface area contributed by atoms with Gasteiger partial charge in [-0.15, -0.1) is 12.4 Å². The Hall–Kier alpha value is -2.12. The zero-order valence-electron chi connectivity index (χ0n) is 16.3. The highest BCUT2D eigenvalue weighted by molar-refractivity contribution is 6.09. The van der Waals surface area contributed by atoms with Gasteiger partial charge in [0.1, 0.15) is 17.5 Å². The molecule has 0 bridgehead atoms. The van der Waals surface area contributed by atoms with Crippen LogP contribution in [0.1, 0.15) is 41.6 Å². The molecule has 0 aliphatic rings. The minimum Gasteiger partial charge on any atom is -0.490 e. The standard InChI is InChI=1S/C21H23F4NO2.ClH/c1-26(2)9-5-3-4-6-10-28-20-13-18(24)16(12-19(20)25)21(27)15-8-7-14(22)11-17(15)23;/h7-8,11-13H,3-6,9-10H2,1-2H3;1H. The highest BCUT2D eigenvalue weighted by Crippen LogP contribution is 2.25. The van der Waals surface area contributed by atoms with Crippen LogP contribution in [0.15, 0.2) is 30.3 Å². The summed E-state index contributed by atoms with van der Waals surface area (Å²) >= 11 is 0. The molecule has 0 radical (unpaired) electrons. The fourth-order valence-electron chi connectivity index (χ4n) is 2.70. The Kier molecular flexibility index (Phi) is 10.1. The Morgan fingerprint density at radius 2 is 1.52 bits per heavy atom. The van der Waals surface area contributed by atoms with Crippen LogP contribution in [0.5, 0.6) is 5.75 Å². The molecule has 0 saturated heterocycles. The molecule has 0 aliphatic carbocycles. The molecule has 0 aromatic heterocycles. The lowest BCUT2D eigenvalue weighted by molar-refractivity contribution is 0.103. The summed E-state index contributed by atoms with van der Waals surface area (Å²) in [5.41, 5.74) is -1.18. The first-order valence-corrected chi connectivity index (χ1v) is 9.06. The van der Waals surface area contributed by atoms with Crippen LogP contribution in [0, 0.1) is 23.3 Å². The van der Waals surface area contributed by atoms with Crippen LogP contribution in [0.3, 0.4) is 0 Å². The van der Waals surface area contributed by atoms with E-state index in [1.807, 2.05) is 14.1 Å². The van der Waals surface area contributed by atoms with Gasteiger partial charge < -0.3 is 9.64 Å². The molecule has 3 nitrogen and oxygen atoms in total. The maximum Gasteiger partial charge on any atom is 0.199 e. The number of carbonyl (C=O) groups excluding carboxylic acids is 1. The number of halogens is 5. The summed E-state index contributed by atoms with van der Waals surface area (Å²) in [7, 11) is 4.00. The van der Waals surface area contributed by atoms with E-state index in [2.05, 4.69) is 4.90 Å². The third-order valence-electron chi connectivity index (χ3n) is 4.20. The van der Waals surface area contributed by atoms with Crippen LogP contribution in [0.25, 0.3) is 0 Å². The van der Waals surface area contributed by atoms with E-state index in [1.54, 1.807) is 0 Å². The van der Waals surface area contributed by atoms with E-state index in [1.165, 1.54) is 0 Å². The van der Waals surface area contributed by atoms with Gasteiger partial charge in [-0.1, -0.05) is 12.8 Å². The second kappa shape index (κ2) is 11.8. The molecule has 0 saturated carbocycles. The number of ketones is 1. The van der Waals surface area contributed by atoms with Crippen molar-refractivity contribution < 1.29 is 27.1 Å². The largest absolute Gasteiger partial charge is 0.490 e. The lowest BCUT2D eigenvalue weighted by Gasteiger charge is -2.11. The number of rotatable bonds is 10. The van der Waals surface area contributed by atoms with Gasteiger partial charge in [-0.2, -0.15) is 0 Å². The van der Waals surface area contributed by atoms with E-state index in [4.69, 9.17) is 4.74 Å². The van der Waals surface area contributed by atoms with Crippen LogP contribution in [-0.2, 0) is 0 Å². The van der Waals surface area contributed by atoms with Gasteiger partial charge >= 0.3 is 0 Å². The molecule has 8 heteroatoms. The van der Waals surface area contributed by atoms with Crippen LogP contribution in [-0.4, -0.2) is 37.9 Å². The summed E-state index contributed by atoms with van der Waals surface area (Å²) in [4.78, 5) is 14.4. The van der Waals surface area contributed by atoms with Gasteiger partial charge in [0.15, 0.2) is 17.3 Å². The van der Waals surface area contributed by atoms with Crippen molar-refractivity contribution >= 4 is 18.2 Å². The molecule has 0 aliphatic heterocycles. The molecule has 0 spiro atoms. The van der Waals surface area contributed by atoms with Gasteiger partial charge in [-0.25, -0.2) is 17.6 Å². The Balaban J connectivity index is 0.00000420. The first kappa shape index (κ1) is 24.9. The quantitative estimate of drug-likeness (QED) is 0.285. The molecule has 0 amide bonds. The van der Waals surface area contributed by atoms with Crippen molar-refractivity contribution in [3.63, 3.8) is 0 Å². The Labute approximate surface area is 174 Å². The summed E-state index contributed by atoms with van der Waals surface area (Å²) < 4.78 is 60.4. The predicted octanol–water partition coefficient (Wildman–Crippen LogP) is 5.40. The third-order valence-corrected chi connectivity index (χ3v) is 4.20. The summed E-state index contributed by atoms with van der Waals surface area (Å²) in [6, 6.07) is 3.73. The highest BCUT2D eigenvalue weighted by atomic mass is 35.5. The van der Waals surface area contributed by atoms with Gasteiger partial charge in [-0.05, 0) is 51.7 Å². The monoisotopic (exact) mass is 433 g/mol. The van der Waals surface area contributed by atoms with Crippen molar-refractivity contribution in [2.75, 3.05) is 27.2 Å². The lowest BCUT2D eigenvalue weighted by Crippen LogP contribution is -2.12. The number of benzene rings is 2. The number of carbonyl (C=O) groups is 1. The first-order chi connectivity index (χ1) is 13.3. The van der Waals surface area contributed by atoms with Crippen molar-refractivity contribution in [2.24, 2.45) is 0 Å². The normalized spacial score (nSPS) is 10.7. The van der Waals surface area contributed by atoms with Crippen molar-refractivity contribution in [2.45, 2.75) is 25.7 Å². The van der Waals surface area contributed by atoms with E-state index < -0.39 is 40.2 Å². The smallest absolute Gasteiger partial charge is 0.199 e. The van der Waals surface area contributed by atoms with Crippen molar-refractivity contribution in [1.29, 1.82) is 0 Å². The third kappa shape index (κ3) is 7.33. The summed E-state index contributed by atoms with van der Waals surface area (Å²) in [6.45, 7) is 1.21. The maximum atomic E-state index is 14.3. The molecule has 2 rings (SSSR count). The molecule has 2 aromatic carbocycles. The molecule has 29 heavy (non-hydrogen) atoms. The van der Waals surface area contributed by atoms with Crippen molar-refractivity contribution in [1.82, 2.24) is 4.90 Å². The second-order valence-electron chi connectivity index (χ2n) is 6.78. The SMILES string of the molecule is CN(C)CCCCCCOc1cc(F)c(C(=O)c2ccc(F)cc2F)cc1F.Cl. The molecule has 0 N–H and O–H groups in total. The van der Waals surface area contributed by atoms with E-state index >= 15 is 0 Å². The van der Waals surface area contributed by atoms with E-state index in [9.17, 15) is 22.4 Å². The Morgan fingerprint density at radius 3 is 2.17 bits per heavy atom. The number of unbranched alkanes of at least 4 members (excludes halogenated alkanes) is 3. The summed E-state index contributed by atoms with van der Waals surface area (Å²) in [5.74, 6) is -5.33. The van der Waals surface area contributed by atoms with Crippen LogP contribution >= 0.6 is 12.4 Å². The van der Waals surface area contributed by atoms with E-state index in [0.29, 0.717) is 18.6 Å². The Bertz CT molecular complexity index is 831. The minimum atomic E-state index is -1.14. The van der Waals surface area contributed by atoms with Gasteiger partial charge in [0, 0.05) is 12.1 Å². The highest BCUT2D eigenvalue weighted by Gasteiger charge is 2.21. The van der Waals surface area contributed by atoms with Gasteiger partial charge in [0.25, 0.3) is 0 Å². The Morgan fingerprint density at radius 1 is 0.862 bits per heavy atom. The average molecular weight is 434 g/mol. The molecule has 0 atom stereocenters. The molecular weight excluding hydrogens is 410 g/mol. The maximum absolute atomic E-state index is 14.3. The van der Waals surface area contributed by atoms with Gasteiger partial charge in [0.05, 0.1) is 17.7 Å². The molecule has 0 unspecified atom stereocenters. The molecular formula is C21H24ClF4NO2. The second-order valence-corrected chi connectivity index (χ2v) is 6.78. The number of hydrogen-bond donors (Lipinski definition) is 0. The fourth-order valence-corrected chi connectivity index (χ4v) is 2.70. The van der Waals surface area contributed by atoms with Crippen LogP contribution in [0.2, 0.25) is 0 Å². The van der Waals surface area contributed by atoms with Crippen molar-refractivity contribution in [3.8, 4) is 5.75 Å². The molecule has 160 valence electrons. The minimum absolute atomic E-state index is 0. The molecule has 2 aromatic rings. The van der Waals surface area contributed by atoms with Crippen LogP contribution in [0.4, 0.5) is 17.6 Å². The zero-order chi connectivity index (χ0) is 20.7. The van der Waals surface area contributed by atoms with E-state index in [-0.39, 0.29) is 24.8 Å². The predicted molar refractivity (Wildman–Crippen MR) is 106 cm³/mol. The summed E-state index contributed by atoms with van der Waals surface area (Å²) in [6.07, 6.45) is 3.65. The molecule has 0 fully saturated rings. The van der Waals surface area contributed by atoms with E-state index in [0.717, 1.165) is 44.0 Å². The topological polar surface area (TPSA) is 29.5 Å². The van der Waals surface area contributed by atoms with Gasteiger partial charge in [0.2, 0.25) is 0 Å². The van der Waals surface area contributed by atoms with Gasteiger partial charge in [-0.3, -0.25) is 4.79 Å². The number of nitrogens with zero attached hydrogens (tertiary/aromatic N) is 1. The fraction of sp³-hybridized carbons (Fsp3) is 0.381. The summed E-state index contributed by atoms with van der Waals surface area (Å²) in [5, 5.41) is 0. The average Bonchev–Trinajstić information content (AvgIpc) is 2.62. The number of hydrogen-bond acceptors (Lipinski definition) is 3. The zero-order valence-corrected chi connectivity index (χ0v) is 17.1. The first-order valence-electron chi connectivity index (χ1n) is 9.06. The van der Waals surface area contributed by atoms with Crippen molar-refractivity contribution in [3.05, 3.63) is 64.7 Å².